The first kappa shape index (κ1) is 15.6. The van der Waals surface area contributed by atoms with Crippen molar-refractivity contribution in [1.82, 2.24) is 0 Å². The van der Waals surface area contributed by atoms with Crippen LogP contribution < -0.4 is 10.5 Å². The molecule has 0 atom stereocenters. The molecule has 0 amide bonds. The number of benzene rings is 1. The van der Waals surface area contributed by atoms with Crippen molar-refractivity contribution in [3.05, 3.63) is 51.7 Å². The molecular weight excluding hydrogens is 278 g/mol. The fourth-order valence-corrected chi connectivity index (χ4v) is 2.66. The SMILES string of the molecule is CC(C)(C)c1ccc(OCc2ccc(C#CCN)s2)cc1. The Morgan fingerprint density at radius 3 is 2.43 bits per heavy atom. The van der Waals surface area contributed by atoms with E-state index in [1.54, 1.807) is 11.3 Å². The Balaban J connectivity index is 1.95. The molecule has 0 saturated carbocycles. The normalized spacial score (nSPS) is 10.9. The molecule has 2 rings (SSSR count). The van der Waals surface area contributed by atoms with Crippen LogP contribution in [0.4, 0.5) is 0 Å². The predicted octanol–water partition coefficient (Wildman–Crippen LogP) is 3.93. The molecule has 0 aliphatic rings. The van der Waals surface area contributed by atoms with E-state index < -0.39 is 0 Å². The molecule has 2 aromatic rings. The summed E-state index contributed by atoms with van der Waals surface area (Å²) in [4.78, 5) is 2.19. The van der Waals surface area contributed by atoms with Gasteiger partial charge in [-0.2, -0.15) is 0 Å². The molecule has 0 aliphatic carbocycles. The van der Waals surface area contributed by atoms with Gasteiger partial charge in [0, 0.05) is 4.88 Å². The van der Waals surface area contributed by atoms with E-state index in [-0.39, 0.29) is 5.41 Å². The fraction of sp³-hybridized carbons (Fsp3) is 0.333. The van der Waals surface area contributed by atoms with Gasteiger partial charge in [-0.1, -0.05) is 44.7 Å². The first-order chi connectivity index (χ1) is 9.99. The molecule has 110 valence electrons. The molecule has 0 unspecified atom stereocenters. The Labute approximate surface area is 131 Å². The van der Waals surface area contributed by atoms with Crippen LogP contribution in [0.3, 0.4) is 0 Å². The van der Waals surface area contributed by atoms with Crippen LogP contribution in [0.2, 0.25) is 0 Å². The molecule has 21 heavy (non-hydrogen) atoms. The number of hydrogen-bond donors (Lipinski definition) is 1. The molecule has 0 aliphatic heterocycles. The minimum Gasteiger partial charge on any atom is -0.488 e. The molecule has 0 spiro atoms. The van der Waals surface area contributed by atoms with Gasteiger partial charge in [0.2, 0.25) is 0 Å². The molecule has 0 fully saturated rings. The highest BCUT2D eigenvalue weighted by Crippen LogP contribution is 2.25. The van der Waals surface area contributed by atoms with Gasteiger partial charge in [0.05, 0.1) is 11.4 Å². The summed E-state index contributed by atoms with van der Waals surface area (Å²) in [6.45, 7) is 7.59. The number of ether oxygens (including phenoxy) is 1. The van der Waals surface area contributed by atoms with Gasteiger partial charge in [-0.3, -0.25) is 0 Å². The zero-order valence-electron chi connectivity index (χ0n) is 12.8. The third kappa shape index (κ3) is 4.63. The summed E-state index contributed by atoms with van der Waals surface area (Å²) < 4.78 is 5.82. The maximum atomic E-state index is 5.82. The first-order valence-electron chi connectivity index (χ1n) is 7.00. The molecule has 1 heterocycles. The van der Waals surface area contributed by atoms with E-state index in [0.717, 1.165) is 15.5 Å². The van der Waals surface area contributed by atoms with Gasteiger partial charge in [-0.15, -0.1) is 11.3 Å². The average Bonchev–Trinajstić information content (AvgIpc) is 2.90. The number of thiophene rings is 1. The Morgan fingerprint density at radius 1 is 1.10 bits per heavy atom. The van der Waals surface area contributed by atoms with Crippen LogP contribution in [0.15, 0.2) is 36.4 Å². The molecule has 0 bridgehead atoms. The standard InChI is InChI=1S/C18H21NOS/c1-18(2,3)14-6-8-15(9-7-14)20-13-17-11-10-16(21-17)5-4-12-19/h6-11H,12-13,19H2,1-3H3. The Hall–Kier alpha value is -1.76. The Bertz CT molecular complexity index is 638. The molecule has 3 heteroatoms. The van der Waals surface area contributed by atoms with Gasteiger partial charge in [0.1, 0.15) is 12.4 Å². The largest absolute Gasteiger partial charge is 0.488 e. The van der Waals surface area contributed by atoms with Crippen molar-refractivity contribution in [3.63, 3.8) is 0 Å². The second kappa shape index (κ2) is 6.80. The van der Waals surface area contributed by atoms with Crippen molar-refractivity contribution in [3.8, 4) is 17.6 Å². The lowest BCUT2D eigenvalue weighted by Crippen LogP contribution is -2.10. The highest BCUT2D eigenvalue weighted by atomic mass is 32.1. The van der Waals surface area contributed by atoms with E-state index >= 15 is 0 Å². The van der Waals surface area contributed by atoms with Crippen LogP contribution in [-0.4, -0.2) is 6.54 Å². The van der Waals surface area contributed by atoms with Crippen LogP contribution in [0, 0.1) is 11.8 Å². The molecule has 1 aromatic heterocycles. The van der Waals surface area contributed by atoms with Crippen molar-refractivity contribution in [2.24, 2.45) is 5.73 Å². The maximum Gasteiger partial charge on any atom is 0.122 e. The van der Waals surface area contributed by atoms with E-state index in [2.05, 4.69) is 50.8 Å². The second-order valence-corrected chi connectivity index (χ2v) is 7.00. The molecule has 0 saturated heterocycles. The number of nitrogens with two attached hydrogens (primary N) is 1. The summed E-state index contributed by atoms with van der Waals surface area (Å²) in [5.74, 6) is 6.79. The molecular formula is C18H21NOS. The number of rotatable bonds is 3. The lowest BCUT2D eigenvalue weighted by molar-refractivity contribution is 0.309. The third-order valence-electron chi connectivity index (χ3n) is 3.08. The number of hydrogen-bond acceptors (Lipinski definition) is 3. The highest BCUT2D eigenvalue weighted by Gasteiger charge is 2.12. The lowest BCUT2D eigenvalue weighted by atomic mass is 9.87. The Kier molecular flexibility index (Phi) is 5.06. The van der Waals surface area contributed by atoms with Gasteiger partial charge in [-0.25, -0.2) is 0 Å². The first-order valence-corrected chi connectivity index (χ1v) is 7.81. The minimum absolute atomic E-state index is 0.169. The van der Waals surface area contributed by atoms with E-state index in [0.29, 0.717) is 13.2 Å². The van der Waals surface area contributed by atoms with Crippen molar-refractivity contribution >= 4 is 11.3 Å². The summed E-state index contributed by atoms with van der Waals surface area (Å²) in [5, 5.41) is 0. The summed E-state index contributed by atoms with van der Waals surface area (Å²) in [6.07, 6.45) is 0. The zero-order valence-corrected chi connectivity index (χ0v) is 13.6. The fourth-order valence-electron chi connectivity index (χ4n) is 1.87. The van der Waals surface area contributed by atoms with Gasteiger partial charge in [-0.05, 0) is 35.2 Å². The van der Waals surface area contributed by atoms with Crippen molar-refractivity contribution < 1.29 is 4.74 Å². The molecule has 2 nitrogen and oxygen atoms in total. The van der Waals surface area contributed by atoms with Gasteiger partial charge >= 0.3 is 0 Å². The summed E-state index contributed by atoms with van der Waals surface area (Å²) in [7, 11) is 0. The second-order valence-electron chi connectivity index (χ2n) is 5.83. The molecule has 0 radical (unpaired) electrons. The summed E-state index contributed by atoms with van der Waals surface area (Å²) in [5.41, 5.74) is 6.85. The van der Waals surface area contributed by atoms with E-state index in [9.17, 15) is 0 Å². The molecule has 2 N–H and O–H groups in total. The van der Waals surface area contributed by atoms with Gasteiger partial charge < -0.3 is 10.5 Å². The van der Waals surface area contributed by atoms with E-state index in [1.807, 2.05) is 18.2 Å². The topological polar surface area (TPSA) is 35.2 Å². The Morgan fingerprint density at radius 2 is 1.81 bits per heavy atom. The third-order valence-corrected chi connectivity index (χ3v) is 4.05. The average molecular weight is 299 g/mol. The smallest absolute Gasteiger partial charge is 0.122 e. The van der Waals surface area contributed by atoms with Crippen molar-refractivity contribution in [2.75, 3.05) is 6.54 Å². The maximum absolute atomic E-state index is 5.82. The van der Waals surface area contributed by atoms with Crippen molar-refractivity contribution in [1.29, 1.82) is 0 Å². The van der Waals surface area contributed by atoms with Crippen LogP contribution in [-0.2, 0) is 12.0 Å². The van der Waals surface area contributed by atoms with Gasteiger partial charge in [0.25, 0.3) is 0 Å². The van der Waals surface area contributed by atoms with Crippen LogP contribution >= 0.6 is 11.3 Å². The van der Waals surface area contributed by atoms with Gasteiger partial charge in [0.15, 0.2) is 0 Å². The highest BCUT2D eigenvalue weighted by molar-refractivity contribution is 7.12. The lowest BCUT2D eigenvalue weighted by Gasteiger charge is -2.19. The predicted molar refractivity (Wildman–Crippen MR) is 89.7 cm³/mol. The van der Waals surface area contributed by atoms with Crippen molar-refractivity contribution in [2.45, 2.75) is 32.8 Å². The summed E-state index contributed by atoms with van der Waals surface area (Å²) >= 11 is 1.65. The minimum atomic E-state index is 0.169. The zero-order chi connectivity index (χ0) is 15.3. The summed E-state index contributed by atoms with van der Waals surface area (Å²) in [6, 6.07) is 12.4. The molecule has 1 aromatic carbocycles. The van der Waals surface area contributed by atoms with Crippen LogP contribution in [0.5, 0.6) is 5.75 Å². The van der Waals surface area contributed by atoms with E-state index in [4.69, 9.17) is 10.5 Å². The van der Waals surface area contributed by atoms with Crippen LogP contribution in [0.25, 0.3) is 0 Å². The monoisotopic (exact) mass is 299 g/mol. The quantitative estimate of drug-likeness (QED) is 0.871. The van der Waals surface area contributed by atoms with Crippen LogP contribution in [0.1, 0.15) is 36.1 Å². The van der Waals surface area contributed by atoms with E-state index in [1.165, 1.54) is 5.56 Å².